The molecule has 1 aromatic carbocycles. The molecule has 0 bridgehead atoms. The Balaban J connectivity index is 1.24. The number of hydrogen-bond donors (Lipinski definition) is 1. The number of carbonyl (C=O) groups is 1. The average Bonchev–Trinajstić information content (AvgIpc) is 3.86. The number of thioether (sulfide) groups is 1. The number of benzene rings is 1. The molecule has 2 unspecified atom stereocenters. The Morgan fingerprint density at radius 1 is 1.03 bits per heavy atom. The summed E-state index contributed by atoms with van der Waals surface area (Å²) < 4.78 is 2.23. The van der Waals surface area contributed by atoms with Crippen molar-refractivity contribution >= 4 is 17.8 Å². The van der Waals surface area contributed by atoms with Gasteiger partial charge in [-0.3, -0.25) is 9.67 Å². The molecule has 38 heavy (non-hydrogen) atoms. The highest BCUT2D eigenvalue weighted by molar-refractivity contribution is 7.99. The van der Waals surface area contributed by atoms with Crippen molar-refractivity contribution in [2.45, 2.75) is 87.6 Å². The molecule has 1 N–H and O–H groups in total. The maximum Gasteiger partial charge on any atom is 0.317 e. The van der Waals surface area contributed by atoms with Crippen molar-refractivity contribution in [1.29, 1.82) is 0 Å². The van der Waals surface area contributed by atoms with E-state index >= 15 is 0 Å². The monoisotopic (exact) mass is 529 g/mol. The highest BCUT2D eigenvalue weighted by atomic mass is 32.2. The minimum atomic E-state index is -0.0114. The number of nitrogens with zero attached hydrogens (tertiary/aromatic N) is 4. The fraction of sp³-hybridized carbons (Fsp3) is 0.516. The third kappa shape index (κ3) is 5.49. The van der Waals surface area contributed by atoms with Crippen molar-refractivity contribution in [2.24, 2.45) is 0 Å². The zero-order chi connectivity index (χ0) is 26.2. The number of rotatable bonds is 9. The average molecular weight is 530 g/mol. The van der Waals surface area contributed by atoms with Crippen molar-refractivity contribution in [3.05, 3.63) is 76.9 Å². The van der Waals surface area contributed by atoms with Gasteiger partial charge in [-0.2, -0.15) is 5.10 Å². The number of hydrogen-bond acceptors (Lipinski definition) is 4. The lowest BCUT2D eigenvalue weighted by atomic mass is 9.85. The van der Waals surface area contributed by atoms with Crippen LogP contribution in [-0.2, 0) is 6.54 Å². The van der Waals surface area contributed by atoms with Crippen LogP contribution in [0.25, 0.3) is 0 Å². The van der Waals surface area contributed by atoms with E-state index in [2.05, 4.69) is 72.2 Å². The molecule has 3 heterocycles. The van der Waals surface area contributed by atoms with E-state index in [9.17, 15) is 4.79 Å². The second kappa shape index (κ2) is 10.8. The molecule has 3 aliphatic rings. The fourth-order valence-corrected chi connectivity index (χ4v) is 6.44. The molecule has 2 aromatic heterocycles. The van der Waals surface area contributed by atoms with Gasteiger partial charge in [-0.25, -0.2) is 4.79 Å². The lowest BCUT2D eigenvalue weighted by molar-refractivity contribution is 0.207. The maximum absolute atomic E-state index is 13.4. The van der Waals surface area contributed by atoms with E-state index in [1.165, 1.54) is 48.2 Å². The predicted molar refractivity (Wildman–Crippen MR) is 153 cm³/mol. The summed E-state index contributed by atoms with van der Waals surface area (Å²) in [6.45, 7) is 8.42. The first-order chi connectivity index (χ1) is 18.5. The second-order valence-corrected chi connectivity index (χ2v) is 12.8. The van der Waals surface area contributed by atoms with E-state index in [0.717, 1.165) is 16.3 Å². The van der Waals surface area contributed by atoms with Crippen LogP contribution in [0.1, 0.15) is 104 Å². The van der Waals surface area contributed by atoms with Gasteiger partial charge in [-0.1, -0.05) is 31.2 Å². The number of pyridine rings is 1. The van der Waals surface area contributed by atoms with E-state index in [1.807, 2.05) is 17.2 Å². The van der Waals surface area contributed by atoms with Gasteiger partial charge in [-0.15, -0.1) is 11.8 Å². The number of likely N-dealkylation sites (tertiary alicyclic amines) is 1. The van der Waals surface area contributed by atoms with Gasteiger partial charge >= 0.3 is 6.03 Å². The largest absolute Gasteiger partial charge is 0.332 e. The Kier molecular flexibility index (Phi) is 7.21. The Hall–Kier alpha value is -2.80. The van der Waals surface area contributed by atoms with Crippen LogP contribution in [0.3, 0.4) is 0 Å². The molecular formula is C31H39N5OS. The molecule has 1 saturated heterocycles. The summed E-state index contributed by atoms with van der Waals surface area (Å²) in [4.78, 5) is 21.1. The summed E-state index contributed by atoms with van der Waals surface area (Å²) in [7, 11) is 0. The molecule has 6 rings (SSSR count). The van der Waals surface area contributed by atoms with Crippen LogP contribution in [0.2, 0.25) is 0 Å². The van der Waals surface area contributed by atoms with Crippen LogP contribution in [-0.4, -0.2) is 44.5 Å². The Morgan fingerprint density at radius 3 is 2.47 bits per heavy atom. The Morgan fingerprint density at radius 2 is 1.79 bits per heavy atom. The number of nitrogens with one attached hydrogen (secondary N) is 1. The SMILES string of the molecule is CCSc1ccc(CNC(=O)N2CC(c3cccc(C4CC4)c3)C(c3cc(C4CC4)nn3C(C)C)C2)nc1. The standard InChI is InChI=1S/C31H39N5OS/c1-4-38-26-13-12-25(32-17-26)16-33-31(37)35-18-27(24-7-5-6-23(14-24)21-8-9-21)28(19-35)30-15-29(22-10-11-22)34-36(30)20(2)3/h5-7,12-15,17,20-22,27-28H,4,8-11,16,18-19H2,1-3H3,(H,33,37). The molecule has 7 heteroatoms. The Labute approximate surface area is 230 Å². The smallest absolute Gasteiger partial charge is 0.317 e. The minimum absolute atomic E-state index is 0.0114. The molecule has 0 radical (unpaired) electrons. The van der Waals surface area contributed by atoms with Crippen LogP contribution in [0.4, 0.5) is 4.79 Å². The molecule has 200 valence electrons. The topological polar surface area (TPSA) is 63.1 Å². The molecular weight excluding hydrogens is 490 g/mol. The molecule has 1 aliphatic heterocycles. The summed E-state index contributed by atoms with van der Waals surface area (Å²) in [6, 6.07) is 15.9. The van der Waals surface area contributed by atoms with Crippen molar-refractivity contribution in [1.82, 2.24) is 25.0 Å². The van der Waals surface area contributed by atoms with Gasteiger partial charge in [0.1, 0.15) is 0 Å². The van der Waals surface area contributed by atoms with E-state index in [0.29, 0.717) is 37.5 Å². The first-order valence-corrected chi connectivity index (χ1v) is 15.3. The van der Waals surface area contributed by atoms with Gasteiger partial charge in [0.05, 0.1) is 17.9 Å². The highest BCUT2D eigenvalue weighted by Gasteiger charge is 2.40. The van der Waals surface area contributed by atoms with Crippen molar-refractivity contribution in [2.75, 3.05) is 18.8 Å². The molecule has 2 aliphatic carbocycles. The van der Waals surface area contributed by atoms with Gasteiger partial charge < -0.3 is 10.2 Å². The fourth-order valence-electron chi connectivity index (χ4n) is 5.81. The van der Waals surface area contributed by atoms with Crippen molar-refractivity contribution in [3.8, 4) is 0 Å². The minimum Gasteiger partial charge on any atom is -0.332 e. The zero-order valence-electron chi connectivity index (χ0n) is 22.8. The lowest BCUT2D eigenvalue weighted by Gasteiger charge is -2.22. The van der Waals surface area contributed by atoms with E-state index in [1.54, 1.807) is 11.8 Å². The molecule has 2 saturated carbocycles. The van der Waals surface area contributed by atoms with Crippen LogP contribution >= 0.6 is 11.8 Å². The molecule has 3 fully saturated rings. The maximum atomic E-state index is 13.4. The van der Waals surface area contributed by atoms with Gasteiger partial charge in [0.2, 0.25) is 0 Å². The Bertz CT molecular complexity index is 1280. The molecule has 6 nitrogen and oxygen atoms in total. The third-order valence-electron chi connectivity index (χ3n) is 8.17. The predicted octanol–water partition coefficient (Wildman–Crippen LogP) is 6.82. The van der Waals surface area contributed by atoms with Gasteiger partial charge in [-0.05, 0) is 80.5 Å². The number of amides is 2. The zero-order valence-corrected chi connectivity index (χ0v) is 23.6. The summed E-state index contributed by atoms with van der Waals surface area (Å²) in [5.74, 6) is 2.83. The number of aromatic nitrogens is 3. The van der Waals surface area contributed by atoms with Crippen LogP contribution in [0.5, 0.6) is 0 Å². The van der Waals surface area contributed by atoms with E-state index < -0.39 is 0 Å². The summed E-state index contributed by atoms with van der Waals surface area (Å²) in [5, 5.41) is 8.20. The van der Waals surface area contributed by atoms with E-state index in [4.69, 9.17) is 5.10 Å². The first kappa shape index (κ1) is 25.5. The van der Waals surface area contributed by atoms with Crippen molar-refractivity contribution in [3.63, 3.8) is 0 Å². The van der Waals surface area contributed by atoms with Gasteiger partial charge in [0.15, 0.2) is 0 Å². The van der Waals surface area contributed by atoms with E-state index in [-0.39, 0.29) is 17.9 Å². The summed E-state index contributed by atoms with van der Waals surface area (Å²) >= 11 is 1.78. The second-order valence-electron chi connectivity index (χ2n) is 11.4. The number of carbonyl (C=O) groups excluding carboxylic acids is 1. The van der Waals surface area contributed by atoms with Crippen molar-refractivity contribution < 1.29 is 4.79 Å². The molecule has 2 amide bonds. The lowest BCUT2D eigenvalue weighted by Crippen LogP contribution is -2.38. The summed E-state index contributed by atoms with van der Waals surface area (Å²) in [6.07, 6.45) is 6.97. The van der Waals surface area contributed by atoms with Crippen LogP contribution in [0.15, 0.2) is 53.6 Å². The summed E-state index contributed by atoms with van der Waals surface area (Å²) in [5.41, 5.74) is 6.21. The first-order valence-electron chi connectivity index (χ1n) is 14.3. The van der Waals surface area contributed by atoms with Crippen LogP contribution in [0, 0.1) is 0 Å². The normalized spacial score (nSPS) is 21.3. The quantitative estimate of drug-likeness (QED) is 0.309. The van der Waals surface area contributed by atoms with Crippen LogP contribution < -0.4 is 5.32 Å². The van der Waals surface area contributed by atoms with Gasteiger partial charge in [0, 0.05) is 53.7 Å². The number of urea groups is 1. The van der Waals surface area contributed by atoms with Gasteiger partial charge in [0.25, 0.3) is 0 Å². The third-order valence-corrected chi connectivity index (χ3v) is 9.04. The molecule has 3 aromatic rings. The molecule has 2 atom stereocenters. The highest BCUT2D eigenvalue weighted by Crippen LogP contribution is 2.46. The molecule has 0 spiro atoms.